The molecular weight excluding hydrogens is 304 g/mol. The summed E-state index contributed by atoms with van der Waals surface area (Å²) in [6.45, 7) is 3.44. The Balaban J connectivity index is 2.06. The maximum absolute atomic E-state index is 12.1. The molecule has 2 aromatic rings. The van der Waals surface area contributed by atoms with Crippen molar-refractivity contribution in [1.29, 1.82) is 0 Å². The fraction of sp³-hybridized carbons (Fsp3) is 0.267. The van der Waals surface area contributed by atoms with Crippen LogP contribution in [-0.2, 0) is 16.6 Å². The van der Waals surface area contributed by atoms with Crippen LogP contribution in [0.5, 0.6) is 0 Å². The second kappa shape index (κ2) is 6.65. The van der Waals surface area contributed by atoms with Crippen molar-refractivity contribution >= 4 is 21.6 Å². The van der Waals surface area contributed by atoms with Crippen LogP contribution in [0.4, 0.5) is 5.69 Å². The van der Waals surface area contributed by atoms with Crippen LogP contribution in [0.2, 0.25) is 0 Å². The van der Waals surface area contributed by atoms with Crippen molar-refractivity contribution < 1.29 is 17.6 Å². The minimum Gasteiger partial charge on any atom is -0.467 e. The third kappa shape index (κ3) is 4.11. The normalized spacial score (nSPS) is 11.4. The number of furan rings is 1. The summed E-state index contributed by atoms with van der Waals surface area (Å²) in [4.78, 5) is 12.1. The van der Waals surface area contributed by atoms with E-state index in [0.29, 0.717) is 17.0 Å². The number of nitrogens with one attached hydrogen (secondary N) is 2. The average molecular weight is 322 g/mol. The molecule has 0 atom stereocenters. The summed E-state index contributed by atoms with van der Waals surface area (Å²) in [7, 11) is -3.44. The Kier molecular flexibility index (Phi) is 4.87. The van der Waals surface area contributed by atoms with E-state index in [-0.39, 0.29) is 12.5 Å². The highest BCUT2D eigenvalue weighted by Gasteiger charge is 2.16. The van der Waals surface area contributed by atoms with Crippen molar-refractivity contribution in [3.63, 3.8) is 0 Å². The number of hydrogen-bond donors (Lipinski definition) is 2. The summed E-state index contributed by atoms with van der Waals surface area (Å²) >= 11 is 0. The summed E-state index contributed by atoms with van der Waals surface area (Å²) in [6.07, 6.45) is 1.53. The summed E-state index contributed by atoms with van der Waals surface area (Å²) in [5.74, 6) is 0.340. The topological polar surface area (TPSA) is 88.4 Å². The molecule has 0 spiro atoms. The van der Waals surface area contributed by atoms with E-state index in [4.69, 9.17) is 4.42 Å². The van der Waals surface area contributed by atoms with Crippen LogP contribution in [0, 0.1) is 0 Å². The highest BCUT2D eigenvalue weighted by molar-refractivity contribution is 7.93. The van der Waals surface area contributed by atoms with Gasteiger partial charge in [-0.3, -0.25) is 9.52 Å². The van der Waals surface area contributed by atoms with E-state index < -0.39 is 15.3 Å². The van der Waals surface area contributed by atoms with Crippen LogP contribution in [0.25, 0.3) is 0 Å². The quantitative estimate of drug-likeness (QED) is 0.854. The zero-order valence-electron chi connectivity index (χ0n) is 12.4. The Hall–Kier alpha value is -2.28. The molecule has 7 heteroatoms. The number of anilines is 1. The molecule has 1 amide bonds. The van der Waals surface area contributed by atoms with Gasteiger partial charge in [-0.05, 0) is 44.2 Å². The lowest BCUT2D eigenvalue weighted by Gasteiger charge is -2.11. The second-order valence-corrected chi connectivity index (χ2v) is 7.28. The molecule has 1 aromatic heterocycles. The van der Waals surface area contributed by atoms with Crippen molar-refractivity contribution in [3.05, 3.63) is 54.0 Å². The van der Waals surface area contributed by atoms with Crippen molar-refractivity contribution in [1.82, 2.24) is 5.32 Å². The van der Waals surface area contributed by atoms with Crippen LogP contribution in [-0.4, -0.2) is 19.6 Å². The minimum atomic E-state index is -3.44. The molecule has 0 bridgehead atoms. The third-order valence-corrected chi connectivity index (χ3v) is 4.77. The van der Waals surface area contributed by atoms with Gasteiger partial charge < -0.3 is 9.73 Å². The first-order chi connectivity index (χ1) is 10.4. The van der Waals surface area contributed by atoms with Gasteiger partial charge in [-0.15, -0.1) is 0 Å². The standard InChI is InChI=1S/C15H18N2O4S/c1-11(2)22(19,20)17-13-6-3-5-12(9-13)15(18)16-10-14-7-4-8-21-14/h3-9,11,17H,10H2,1-2H3,(H,16,18). The van der Waals surface area contributed by atoms with Gasteiger partial charge in [-0.25, -0.2) is 8.42 Å². The zero-order valence-corrected chi connectivity index (χ0v) is 13.2. The van der Waals surface area contributed by atoms with Gasteiger partial charge in [0.2, 0.25) is 10.0 Å². The Labute approximate surface area is 129 Å². The number of amides is 1. The summed E-state index contributed by atoms with van der Waals surface area (Å²) in [5, 5.41) is 2.15. The number of carbonyl (C=O) groups excluding carboxylic acids is 1. The monoisotopic (exact) mass is 322 g/mol. The predicted octanol–water partition coefficient (Wildman–Crippen LogP) is 2.36. The molecular formula is C15H18N2O4S. The van der Waals surface area contributed by atoms with E-state index in [1.807, 2.05) is 0 Å². The van der Waals surface area contributed by atoms with Gasteiger partial charge in [-0.2, -0.15) is 0 Å². The van der Waals surface area contributed by atoms with Crippen LogP contribution >= 0.6 is 0 Å². The fourth-order valence-corrected chi connectivity index (χ4v) is 2.38. The van der Waals surface area contributed by atoms with E-state index in [1.165, 1.54) is 12.3 Å². The Morgan fingerprint density at radius 3 is 2.64 bits per heavy atom. The first kappa shape index (κ1) is 16.1. The SMILES string of the molecule is CC(C)S(=O)(=O)Nc1cccc(C(=O)NCc2ccco2)c1. The van der Waals surface area contributed by atoms with Crippen molar-refractivity contribution in [2.45, 2.75) is 25.6 Å². The average Bonchev–Trinajstić information content (AvgIpc) is 2.97. The molecule has 0 radical (unpaired) electrons. The first-order valence-corrected chi connectivity index (χ1v) is 8.35. The van der Waals surface area contributed by atoms with Crippen molar-refractivity contribution in [3.8, 4) is 0 Å². The van der Waals surface area contributed by atoms with Crippen molar-refractivity contribution in [2.75, 3.05) is 4.72 Å². The second-order valence-electron chi connectivity index (χ2n) is 5.04. The van der Waals surface area contributed by atoms with Gasteiger partial charge in [0.05, 0.1) is 18.1 Å². The van der Waals surface area contributed by atoms with Crippen LogP contribution in [0.3, 0.4) is 0 Å². The molecule has 0 unspecified atom stereocenters. The Bertz CT molecular complexity index is 737. The highest BCUT2D eigenvalue weighted by Crippen LogP contribution is 2.14. The molecule has 1 aromatic carbocycles. The fourth-order valence-electron chi connectivity index (χ4n) is 1.69. The lowest BCUT2D eigenvalue weighted by molar-refractivity contribution is 0.0948. The van der Waals surface area contributed by atoms with Crippen molar-refractivity contribution in [2.24, 2.45) is 0 Å². The van der Waals surface area contributed by atoms with Gasteiger partial charge in [0.1, 0.15) is 5.76 Å². The number of sulfonamides is 1. The molecule has 118 valence electrons. The molecule has 0 aliphatic carbocycles. The maximum atomic E-state index is 12.1. The van der Waals surface area contributed by atoms with E-state index in [2.05, 4.69) is 10.0 Å². The van der Waals surface area contributed by atoms with E-state index in [1.54, 1.807) is 44.2 Å². The zero-order chi connectivity index (χ0) is 16.2. The molecule has 0 fully saturated rings. The van der Waals surface area contributed by atoms with E-state index in [9.17, 15) is 13.2 Å². The predicted molar refractivity (Wildman–Crippen MR) is 84.0 cm³/mol. The number of hydrogen-bond acceptors (Lipinski definition) is 4. The Morgan fingerprint density at radius 2 is 2.00 bits per heavy atom. The molecule has 2 rings (SSSR count). The molecule has 0 saturated carbocycles. The minimum absolute atomic E-state index is 0.272. The molecule has 1 heterocycles. The van der Waals surface area contributed by atoms with E-state index >= 15 is 0 Å². The van der Waals surface area contributed by atoms with Gasteiger partial charge in [0.15, 0.2) is 0 Å². The third-order valence-electron chi connectivity index (χ3n) is 3.01. The van der Waals surface area contributed by atoms with Crippen LogP contribution in [0.15, 0.2) is 47.1 Å². The van der Waals surface area contributed by atoms with Gasteiger partial charge in [-0.1, -0.05) is 6.07 Å². The van der Waals surface area contributed by atoms with Gasteiger partial charge >= 0.3 is 0 Å². The van der Waals surface area contributed by atoms with Crippen LogP contribution < -0.4 is 10.0 Å². The maximum Gasteiger partial charge on any atom is 0.251 e. The van der Waals surface area contributed by atoms with Gasteiger partial charge in [0, 0.05) is 11.3 Å². The smallest absolute Gasteiger partial charge is 0.251 e. The number of benzene rings is 1. The van der Waals surface area contributed by atoms with Crippen LogP contribution in [0.1, 0.15) is 30.0 Å². The molecule has 0 aliphatic rings. The summed E-state index contributed by atoms with van der Waals surface area (Å²) in [6, 6.07) is 9.83. The molecule has 0 aliphatic heterocycles. The highest BCUT2D eigenvalue weighted by atomic mass is 32.2. The molecule has 2 N–H and O–H groups in total. The number of rotatable bonds is 6. The van der Waals surface area contributed by atoms with Gasteiger partial charge in [0.25, 0.3) is 5.91 Å². The lowest BCUT2D eigenvalue weighted by atomic mass is 10.2. The summed E-state index contributed by atoms with van der Waals surface area (Å²) < 4.78 is 31.3. The van der Waals surface area contributed by atoms with E-state index in [0.717, 1.165) is 0 Å². The Morgan fingerprint density at radius 1 is 1.23 bits per heavy atom. The molecule has 22 heavy (non-hydrogen) atoms. The first-order valence-electron chi connectivity index (χ1n) is 6.81. The number of carbonyl (C=O) groups is 1. The molecule has 0 saturated heterocycles. The summed E-state index contributed by atoms with van der Waals surface area (Å²) in [5.41, 5.74) is 0.731. The molecule has 6 nitrogen and oxygen atoms in total. The lowest BCUT2D eigenvalue weighted by Crippen LogP contribution is -2.24. The largest absolute Gasteiger partial charge is 0.467 e.